The lowest BCUT2D eigenvalue weighted by Crippen LogP contribution is -2.04. The van der Waals surface area contributed by atoms with Gasteiger partial charge in [-0.15, -0.1) is 0 Å². The van der Waals surface area contributed by atoms with Crippen LogP contribution in [0.1, 0.15) is 5.56 Å². The highest BCUT2D eigenvalue weighted by molar-refractivity contribution is 5.74. The van der Waals surface area contributed by atoms with Gasteiger partial charge in [-0.3, -0.25) is 4.98 Å². The molecule has 0 fully saturated rings. The molecule has 2 heterocycles. The molecule has 1 aromatic carbocycles. The third-order valence-corrected chi connectivity index (χ3v) is 3.51. The van der Waals surface area contributed by atoms with Crippen LogP contribution < -0.4 is 9.47 Å². The summed E-state index contributed by atoms with van der Waals surface area (Å²) in [6.07, 6.45) is -0.592. The fraction of sp³-hybridized carbons (Fsp3) is 0.111. The third-order valence-electron chi connectivity index (χ3n) is 3.51. The number of methoxy groups -OCH3 is 1. The van der Waals surface area contributed by atoms with E-state index in [1.807, 2.05) is 0 Å². The Morgan fingerprint density at radius 2 is 1.69 bits per heavy atom. The van der Waals surface area contributed by atoms with Crippen molar-refractivity contribution >= 4 is 0 Å². The second-order valence-corrected chi connectivity index (χ2v) is 5.18. The van der Waals surface area contributed by atoms with Crippen LogP contribution in [0.5, 0.6) is 17.4 Å². The molecule has 26 heavy (non-hydrogen) atoms. The second-order valence-electron chi connectivity index (χ2n) is 5.18. The van der Waals surface area contributed by atoms with Gasteiger partial charge < -0.3 is 9.47 Å². The highest BCUT2D eigenvalue weighted by Crippen LogP contribution is 2.38. The van der Waals surface area contributed by atoms with Crippen molar-refractivity contribution in [3.63, 3.8) is 0 Å². The van der Waals surface area contributed by atoms with Crippen molar-refractivity contribution in [2.45, 2.75) is 6.18 Å². The van der Waals surface area contributed by atoms with E-state index in [1.165, 1.54) is 31.6 Å². The number of aromatic nitrogens is 2. The van der Waals surface area contributed by atoms with E-state index in [1.54, 1.807) is 12.1 Å². The lowest BCUT2D eigenvalue weighted by atomic mass is 10.1. The summed E-state index contributed by atoms with van der Waals surface area (Å²) in [4.78, 5) is 7.87. The third kappa shape index (κ3) is 3.58. The molecule has 0 radical (unpaired) electrons. The van der Waals surface area contributed by atoms with Crippen LogP contribution in [-0.2, 0) is 6.18 Å². The largest absolute Gasteiger partial charge is 0.493 e. The summed E-state index contributed by atoms with van der Waals surface area (Å²) < 4.78 is 62.5. The van der Waals surface area contributed by atoms with Crippen molar-refractivity contribution in [2.24, 2.45) is 0 Å². The number of halogens is 4. The van der Waals surface area contributed by atoms with E-state index in [4.69, 9.17) is 9.47 Å². The normalized spacial score (nSPS) is 11.3. The number of ether oxygens (including phenoxy) is 2. The average molecular weight is 364 g/mol. The number of rotatable bonds is 4. The quantitative estimate of drug-likeness (QED) is 0.604. The zero-order valence-corrected chi connectivity index (χ0v) is 13.4. The number of benzene rings is 1. The van der Waals surface area contributed by atoms with Crippen LogP contribution in [0.15, 0.2) is 55.0 Å². The highest BCUT2D eigenvalue weighted by Gasteiger charge is 2.30. The van der Waals surface area contributed by atoms with Gasteiger partial charge in [-0.2, -0.15) is 13.2 Å². The standard InChI is InChI=1S/C18H12F4N2O2/c1-25-16-14(9-23-10-15(16)19)13-3-2-8-24-17(13)26-12-6-4-11(5-7-12)18(20,21)22/h2-10H,1H3. The first-order valence-corrected chi connectivity index (χ1v) is 7.38. The molecule has 8 heteroatoms. The van der Waals surface area contributed by atoms with Gasteiger partial charge in [0.15, 0.2) is 11.6 Å². The van der Waals surface area contributed by atoms with E-state index >= 15 is 0 Å². The molecule has 2 aromatic heterocycles. The first kappa shape index (κ1) is 17.7. The summed E-state index contributed by atoms with van der Waals surface area (Å²) in [5.74, 6) is -0.459. The van der Waals surface area contributed by atoms with Gasteiger partial charge in [0.2, 0.25) is 5.88 Å². The second kappa shape index (κ2) is 6.99. The molecular formula is C18H12F4N2O2. The molecule has 0 amide bonds. The van der Waals surface area contributed by atoms with E-state index in [0.717, 1.165) is 18.3 Å². The number of hydrogen-bond donors (Lipinski definition) is 0. The van der Waals surface area contributed by atoms with Crippen molar-refractivity contribution in [3.8, 4) is 28.5 Å². The summed E-state index contributed by atoms with van der Waals surface area (Å²) in [5.41, 5.74) is -0.0964. The zero-order chi connectivity index (χ0) is 18.7. The Morgan fingerprint density at radius 3 is 2.35 bits per heavy atom. The van der Waals surface area contributed by atoms with Crippen LogP contribution in [0.2, 0.25) is 0 Å². The Morgan fingerprint density at radius 1 is 0.962 bits per heavy atom. The molecule has 0 aliphatic carbocycles. The predicted molar refractivity (Wildman–Crippen MR) is 85.5 cm³/mol. The summed E-state index contributed by atoms with van der Waals surface area (Å²) in [5, 5.41) is 0. The summed E-state index contributed by atoms with van der Waals surface area (Å²) >= 11 is 0. The number of nitrogens with zero attached hydrogens (tertiary/aromatic N) is 2. The van der Waals surface area contributed by atoms with Gasteiger partial charge >= 0.3 is 6.18 Å². The van der Waals surface area contributed by atoms with Gasteiger partial charge in [0.25, 0.3) is 0 Å². The van der Waals surface area contributed by atoms with Gasteiger partial charge in [-0.25, -0.2) is 9.37 Å². The van der Waals surface area contributed by atoms with Crippen LogP contribution in [0.3, 0.4) is 0 Å². The van der Waals surface area contributed by atoms with E-state index < -0.39 is 17.6 Å². The highest BCUT2D eigenvalue weighted by atomic mass is 19.4. The molecule has 4 nitrogen and oxygen atoms in total. The molecule has 0 N–H and O–H groups in total. The molecule has 0 saturated heterocycles. The maximum absolute atomic E-state index is 13.9. The molecule has 0 aliphatic heterocycles. The lowest BCUT2D eigenvalue weighted by Gasteiger charge is -2.13. The minimum atomic E-state index is -4.44. The maximum atomic E-state index is 13.9. The summed E-state index contributed by atoms with van der Waals surface area (Å²) in [6, 6.07) is 7.40. The Balaban J connectivity index is 1.97. The molecule has 0 unspecified atom stereocenters. The first-order valence-electron chi connectivity index (χ1n) is 7.38. The topological polar surface area (TPSA) is 44.2 Å². The summed E-state index contributed by atoms with van der Waals surface area (Å²) in [6.45, 7) is 0. The molecule has 0 aliphatic rings. The van der Waals surface area contributed by atoms with Gasteiger partial charge in [-0.1, -0.05) is 0 Å². The smallest absolute Gasteiger partial charge is 0.416 e. The van der Waals surface area contributed by atoms with Crippen molar-refractivity contribution in [1.82, 2.24) is 9.97 Å². The number of alkyl halides is 3. The Kier molecular flexibility index (Phi) is 4.75. The monoisotopic (exact) mass is 364 g/mol. The molecule has 0 bridgehead atoms. The number of pyridine rings is 2. The Bertz CT molecular complexity index is 912. The van der Waals surface area contributed by atoms with Gasteiger partial charge in [-0.05, 0) is 36.4 Å². The zero-order valence-electron chi connectivity index (χ0n) is 13.4. The maximum Gasteiger partial charge on any atom is 0.416 e. The molecule has 0 atom stereocenters. The fourth-order valence-corrected chi connectivity index (χ4v) is 2.32. The van der Waals surface area contributed by atoms with E-state index in [2.05, 4.69) is 9.97 Å². The van der Waals surface area contributed by atoms with E-state index in [0.29, 0.717) is 11.1 Å². The van der Waals surface area contributed by atoms with Crippen molar-refractivity contribution in [3.05, 3.63) is 66.4 Å². The summed E-state index contributed by atoms with van der Waals surface area (Å²) in [7, 11) is 1.31. The van der Waals surface area contributed by atoms with Gasteiger partial charge in [0.05, 0.1) is 24.4 Å². The van der Waals surface area contributed by atoms with Crippen LogP contribution >= 0.6 is 0 Å². The molecule has 0 saturated carbocycles. The predicted octanol–water partition coefficient (Wildman–Crippen LogP) is 5.10. The van der Waals surface area contributed by atoms with Crippen LogP contribution in [0, 0.1) is 5.82 Å². The van der Waals surface area contributed by atoms with Crippen LogP contribution in [0.4, 0.5) is 17.6 Å². The molecule has 3 aromatic rings. The molecule has 3 rings (SSSR count). The number of hydrogen-bond acceptors (Lipinski definition) is 4. The van der Waals surface area contributed by atoms with Gasteiger partial charge in [0, 0.05) is 18.0 Å². The Hall–Kier alpha value is -3.16. The fourth-order valence-electron chi connectivity index (χ4n) is 2.32. The van der Waals surface area contributed by atoms with Crippen molar-refractivity contribution in [1.29, 1.82) is 0 Å². The molecular weight excluding hydrogens is 352 g/mol. The van der Waals surface area contributed by atoms with E-state index in [9.17, 15) is 17.6 Å². The average Bonchev–Trinajstić information content (AvgIpc) is 2.62. The van der Waals surface area contributed by atoms with Crippen LogP contribution in [0.25, 0.3) is 11.1 Å². The SMILES string of the molecule is COc1c(F)cncc1-c1cccnc1Oc1ccc(C(F)(F)F)cc1. The first-order chi connectivity index (χ1) is 12.4. The molecule has 0 spiro atoms. The van der Waals surface area contributed by atoms with Crippen molar-refractivity contribution in [2.75, 3.05) is 7.11 Å². The minimum absolute atomic E-state index is 0.0368. The van der Waals surface area contributed by atoms with Crippen LogP contribution in [-0.4, -0.2) is 17.1 Å². The van der Waals surface area contributed by atoms with E-state index in [-0.39, 0.29) is 17.4 Å². The van der Waals surface area contributed by atoms with Gasteiger partial charge in [0.1, 0.15) is 5.75 Å². The van der Waals surface area contributed by atoms with Crippen molar-refractivity contribution < 1.29 is 27.0 Å². The Labute approximate surface area is 146 Å². The molecule has 134 valence electrons. The lowest BCUT2D eigenvalue weighted by molar-refractivity contribution is -0.137. The minimum Gasteiger partial charge on any atom is -0.493 e.